The first-order valence-electron chi connectivity index (χ1n) is 32.4. The molecule has 0 amide bonds. The van der Waals surface area contributed by atoms with E-state index in [1.54, 1.807) is 0 Å². The third-order valence-corrected chi connectivity index (χ3v) is 14.2. The minimum Gasteiger partial charge on any atom is -0.462 e. The van der Waals surface area contributed by atoms with Gasteiger partial charge < -0.3 is 14.2 Å². The van der Waals surface area contributed by atoms with Gasteiger partial charge in [-0.15, -0.1) is 0 Å². The topological polar surface area (TPSA) is 78.9 Å². The molecule has 434 valence electrons. The van der Waals surface area contributed by atoms with Crippen molar-refractivity contribution in [2.45, 2.75) is 335 Å². The van der Waals surface area contributed by atoms with Gasteiger partial charge in [-0.3, -0.25) is 14.4 Å². The molecule has 0 aromatic heterocycles. The van der Waals surface area contributed by atoms with Gasteiger partial charge in [-0.1, -0.05) is 312 Å². The lowest BCUT2D eigenvalue weighted by Crippen LogP contribution is -2.30. The molecule has 0 heterocycles. The average Bonchev–Trinajstić information content (AvgIpc) is 3.41. The third kappa shape index (κ3) is 61.6. The molecule has 0 aliphatic rings. The summed E-state index contributed by atoms with van der Waals surface area (Å²) < 4.78 is 16.9. The van der Waals surface area contributed by atoms with E-state index < -0.39 is 6.10 Å². The van der Waals surface area contributed by atoms with Crippen LogP contribution in [0.4, 0.5) is 0 Å². The lowest BCUT2D eigenvalue weighted by Gasteiger charge is -2.18. The number of hydrogen-bond donors (Lipinski definition) is 0. The molecule has 6 heteroatoms. The van der Waals surface area contributed by atoms with E-state index in [1.807, 2.05) is 0 Å². The Morgan fingerprint density at radius 1 is 0.280 bits per heavy atom. The second kappa shape index (κ2) is 63.4. The summed E-state index contributed by atoms with van der Waals surface area (Å²) in [7, 11) is 0. The molecule has 0 bridgehead atoms. The van der Waals surface area contributed by atoms with Crippen LogP contribution in [0.3, 0.4) is 0 Å². The van der Waals surface area contributed by atoms with E-state index in [2.05, 4.69) is 93.7 Å². The molecular weight excluding hydrogens is 925 g/mol. The quantitative estimate of drug-likeness (QED) is 0.0261. The monoisotopic (exact) mass is 1050 g/mol. The van der Waals surface area contributed by atoms with Crippen molar-refractivity contribution in [1.82, 2.24) is 0 Å². The maximum absolute atomic E-state index is 12.9. The van der Waals surface area contributed by atoms with Gasteiger partial charge in [0.05, 0.1) is 0 Å². The van der Waals surface area contributed by atoms with Crippen LogP contribution in [0.25, 0.3) is 0 Å². The molecule has 6 nitrogen and oxygen atoms in total. The molecule has 1 atom stereocenters. The largest absolute Gasteiger partial charge is 0.462 e. The van der Waals surface area contributed by atoms with Crippen molar-refractivity contribution in [2.24, 2.45) is 0 Å². The van der Waals surface area contributed by atoms with Crippen molar-refractivity contribution in [3.63, 3.8) is 0 Å². The molecule has 0 spiro atoms. The van der Waals surface area contributed by atoms with E-state index in [4.69, 9.17) is 14.2 Å². The van der Waals surface area contributed by atoms with Crippen LogP contribution in [0.15, 0.2) is 72.9 Å². The molecule has 0 radical (unpaired) electrons. The Bertz CT molecular complexity index is 1390. The van der Waals surface area contributed by atoms with Gasteiger partial charge in [-0.25, -0.2) is 0 Å². The summed E-state index contributed by atoms with van der Waals surface area (Å²) in [5, 5.41) is 0. The van der Waals surface area contributed by atoms with Crippen molar-refractivity contribution >= 4 is 17.9 Å². The van der Waals surface area contributed by atoms with Gasteiger partial charge in [0, 0.05) is 19.3 Å². The van der Waals surface area contributed by atoms with Crippen LogP contribution in [-0.4, -0.2) is 37.2 Å². The number of hydrogen-bond acceptors (Lipinski definition) is 6. The Labute approximate surface area is 465 Å². The lowest BCUT2D eigenvalue weighted by molar-refractivity contribution is -0.167. The fraction of sp³-hybridized carbons (Fsp3) is 0.783. The van der Waals surface area contributed by atoms with Gasteiger partial charge in [-0.2, -0.15) is 0 Å². The van der Waals surface area contributed by atoms with Gasteiger partial charge in [0.25, 0.3) is 0 Å². The molecule has 75 heavy (non-hydrogen) atoms. The fourth-order valence-corrected chi connectivity index (χ4v) is 9.39. The standard InChI is InChI=1S/C69H122O6/c1-4-7-10-13-16-19-22-25-28-31-34-35-36-39-41-44-47-50-53-56-59-62-68(71)74-65-66(75-69(72)63-60-57-54-51-48-45-42-38-33-30-27-24-21-18-15-12-9-6-3)64-73-67(70)61-58-55-52-49-46-43-40-37-32-29-26-23-20-17-14-11-8-5-2/h7,10,16,19,25,28,34-35,39,41,47,50,66H,4-6,8-9,11-15,17-18,20-24,26-27,29-33,36-38,40,42-46,48-49,51-65H2,1-3H3/b10-7-,19-16-,28-25-,35-34-,41-39-,50-47-. The highest BCUT2D eigenvalue weighted by Gasteiger charge is 2.19. The number of carbonyl (C=O) groups is 3. The molecule has 0 saturated heterocycles. The fourth-order valence-electron chi connectivity index (χ4n) is 9.39. The molecule has 0 N–H and O–H groups in total. The van der Waals surface area contributed by atoms with Crippen molar-refractivity contribution < 1.29 is 28.6 Å². The maximum atomic E-state index is 12.9. The molecular formula is C69H122O6. The lowest BCUT2D eigenvalue weighted by atomic mass is 10.0. The summed E-state index contributed by atoms with van der Waals surface area (Å²) in [6.07, 6.45) is 81.9. The minimum atomic E-state index is -0.792. The van der Waals surface area contributed by atoms with Crippen molar-refractivity contribution in [1.29, 1.82) is 0 Å². The first-order valence-corrected chi connectivity index (χ1v) is 32.4. The Hall–Kier alpha value is -3.15. The Balaban J connectivity index is 4.42. The van der Waals surface area contributed by atoms with Gasteiger partial charge in [0.2, 0.25) is 0 Å². The third-order valence-electron chi connectivity index (χ3n) is 14.2. The van der Waals surface area contributed by atoms with Crippen LogP contribution < -0.4 is 0 Å². The summed E-state index contributed by atoms with van der Waals surface area (Å²) in [6, 6.07) is 0. The summed E-state index contributed by atoms with van der Waals surface area (Å²) in [5.41, 5.74) is 0. The molecule has 0 saturated carbocycles. The smallest absolute Gasteiger partial charge is 0.306 e. The zero-order chi connectivity index (χ0) is 54.3. The number of ether oxygens (including phenoxy) is 3. The average molecular weight is 1050 g/mol. The second-order valence-electron chi connectivity index (χ2n) is 21.7. The highest BCUT2D eigenvalue weighted by Crippen LogP contribution is 2.17. The first-order chi connectivity index (χ1) is 37.0. The van der Waals surface area contributed by atoms with Crippen molar-refractivity contribution in [2.75, 3.05) is 13.2 Å². The van der Waals surface area contributed by atoms with E-state index in [0.29, 0.717) is 19.3 Å². The molecule has 0 fully saturated rings. The normalized spacial score (nSPS) is 12.5. The molecule has 1 unspecified atom stereocenters. The van der Waals surface area contributed by atoms with Crippen LogP contribution in [0, 0.1) is 0 Å². The molecule has 0 aromatic rings. The van der Waals surface area contributed by atoms with Crippen molar-refractivity contribution in [3.8, 4) is 0 Å². The van der Waals surface area contributed by atoms with E-state index >= 15 is 0 Å². The summed E-state index contributed by atoms with van der Waals surface area (Å²) in [4.78, 5) is 38.3. The molecule has 0 aromatic carbocycles. The second-order valence-corrected chi connectivity index (χ2v) is 21.7. The Morgan fingerprint density at radius 2 is 0.520 bits per heavy atom. The summed E-state index contributed by atoms with van der Waals surface area (Å²) >= 11 is 0. The number of esters is 3. The van der Waals surface area contributed by atoms with Gasteiger partial charge in [-0.05, 0) is 70.6 Å². The summed E-state index contributed by atoms with van der Waals surface area (Å²) in [6.45, 7) is 6.55. The van der Waals surface area contributed by atoms with Gasteiger partial charge in [0.15, 0.2) is 6.10 Å². The molecule has 0 aliphatic heterocycles. The Kier molecular flexibility index (Phi) is 60.7. The highest BCUT2D eigenvalue weighted by molar-refractivity contribution is 5.71. The van der Waals surface area contributed by atoms with Crippen LogP contribution in [0.2, 0.25) is 0 Å². The van der Waals surface area contributed by atoms with Gasteiger partial charge in [0.1, 0.15) is 13.2 Å². The van der Waals surface area contributed by atoms with E-state index in [9.17, 15) is 14.4 Å². The first kappa shape index (κ1) is 71.8. The molecule has 0 rings (SSSR count). The predicted molar refractivity (Wildman–Crippen MR) is 325 cm³/mol. The zero-order valence-electron chi connectivity index (χ0n) is 49.8. The number of unbranched alkanes of at least 4 members (excludes halogenated alkanes) is 36. The van der Waals surface area contributed by atoms with E-state index in [-0.39, 0.29) is 31.1 Å². The van der Waals surface area contributed by atoms with Gasteiger partial charge >= 0.3 is 17.9 Å². The molecule has 0 aliphatic carbocycles. The van der Waals surface area contributed by atoms with Crippen LogP contribution in [-0.2, 0) is 28.6 Å². The Morgan fingerprint density at radius 3 is 0.813 bits per heavy atom. The number of rotatable bonds is 59. The number of carbonyl (C=O) groups excluding carboxylic acids is 3. The highest BCUT2D eigenvalue weighted by atomic mass is 16.6. The maximum Gasteiger partial charge on any atom is 0.306 e. The van der Waals surface area contributed by atoms with Crippen molar-refractivity contribution in [3.05, 3.63) is 72.9 Å². The SMILES string of the molecule is CC/C=C\C/C=C\C/C=C\C/C=C\C/C=C\C/C=C\CCCCC(=O)OCC(COC(=O)CCCCCCCCCCCCCCCCCCCC)OC(=O)CCCCCCCCCCCCCCCCCCCC. The van der Waals surface area contributed by atoms with Crippen LogP contribution in [0.1, 0.15) is 329 Å². The van der Waals surface area contributed by atoms with E-state index in [0.717, 1.165) is 96.3 Å². The van der Waals surface area contributed by atoms with Crippen LogP contribution in [0.5, 0.6) is 0 Å². The van der Waals surface area contributed by atoms with Crippen LogP contribution >= 0.6 is 0 Å². The van der Waals surface area contributed by atoms with E-state index in [1.165, 1.54) is 193 Å². The predicted octanol–water partition coefficient (Wildman–Crippen LogP) is 22.1. The summed E-state index contributed by atoms with van der Waals surface area (Å²) in [5.74, 6) is -0.910. The zero-order valence-corrected chi connectivity index (χ0v) is 49.8. The number of allylic oxidation sites excluding steroid dienone is 12. The minimum absolute atomic E-state index is 0.0846.